The van der Waals surface area contributed by atoms with Crippen LogP contribution in [0.15, 0.2) is 27.0 Å². The summed E-state index contributed by atoms with van der Waals surface area (Å²) in [5.41, 5.74) is 1.21. The first-order valence-electron chi connectivity index (χ1n) is 6.06. The molecule has 0 aliphatic heterocycles. The van der Waals surface area contributed by atoms with E-state index in [1.807, 2.05) is 0 Å². The number of furan rings is 1. The van der Waals surface area contributed by atoms with Crippen LogP contribution in [0, 0.1) is 13.8 Å². The number of hydrogen-bond donors (Lipinski definition) is 1. The Morgan fingerprint density at radius 1 is 1.43 bits per heavy atom. The summed E-state index contributed by atoms with van der Waals surface area (Å²) < 4.78 is 31.3. The van der Waals surface area contributed by atoms with Crippen LogP contribution in [-0.2, 0) is 16.6 Å². The van der Waals surface area contributed by atoms with E-state index < -0.39 is 16.0 Å². The number of carboxylic acids is 1. The second-order valence-electron chi connectivity index (χ2n) is 4.65. The van der Waals surface area contributed by atoms with Crippen molar-refractivity contribution in [3.63, 3.8) is 0 Å². The van der Waals surface area contributed by atoms with Gasteiger partial charge in [-0.2, -0.15) is 4.31 Å². The van der Waals surface area contributed by atoms with Gasteiger partial charge < -0.3 is 9.52 Å². The number of carboxylic acid groups (broad SMARTS) is 1. The van der Waals surface area contributed by atoms with Crippen molar-refractivity contribution >= 4 is 27.3 Å². The summed E-state index contributed by atoms with van der Waals surface area (Å²) in [6.45, 7) is 3.51. The lowest BCUT2D eigenvalue weighted by Crippen LogP contribution is -2.25. The minimum Gasteiger partial charge on any atom is -0.477 e. The number of thiophene rings is 1. The van der Waals surface area contributed by atoms with E-state index in [0.717, 1.165) is 16.9 Å². The molecule has 0 saturated carbocycles. The second kappa shape index (κ2) is 5.63. The lowest BCUT2D eigenvalue weighted by molar-refractivity contribution is 0.0701. The van der Waals surface area contributed by atoms with Gasteiger partial charge in [0.15, 0.2) is 0 Å². The highest BCUT2D eigenvalue weighted by atomic mass is 32.2. The summed E-state index contributed by atoms with van der Waals surface area (Å²) in [5, 5.41) is 9.02. The van der Waals surface area contributed by atoms with Crippen LogP contribution in [0.3, 0.4) is 0 Å². The summed E-state index contributed by atoms with van der Waals surface area (Å²) >= 11 is 0.767. The highest BCUT2D eigenvalue weighted by Gasteiger charge is 2.26. The molecule has 2 rings (SSSR count). The van der Waals surface area contributed by atoms with Gasteiger partial charge in [0.2, 0.25) is 0 Å². The van der Waals surface area contributed by atoms with E-state index in [2.05, 4.69) is 0 Å². The number of hydrogen-bond acceptors (Lipinski definition) is 5. The van der Waals surface area contributed by atoms with E-state index in [4.69, 9.17) is 9.52 Å². The Hall–Kier alpha value is -1.64. The van der Waals surface area contributed by atoms with E-state index in [1.165, 1.54) is 23.7 Å². The lowest BCUT2D eigenvalue weighted by atomic mass is 10.3. The second-order valence-corrected chi connectivity index (χ2v) is 7.97. The zero-order chi connectivity index (χ0) is 15.8. The van der Waals surface area contributed by atoms with Crippen LogP contribution in [0.2, 0.25) is 0 Å². The number of sulfonamides is 1. The van der Waals surface area contributed by atoms with Crippen molar-refractivity contribution in [2.24, 2.45) is 0 Å². The summed E-state index contributed by atoms with van der Waals surface area (Å²) in [6, 6.07) is 3.10. The van der Waals surface area contributed by atoms with E-state index in [0.29, 0.717) is 11.3 Å². The predicted molar refractivity (Wildman–Crippen MR) is 78.1 cm³/mol. The third-order valence-corrected chi connectivity index (χ3v) is 6.59. The number of nitrogens with zero attached hydrogens (tertiary/aromatic N) is 1. The van der Waals surface area contributed by atoms with Gasteiger partial charge in [-0.25, -0.2) is 13.2 Å². The quantitative estimate of drug-likeness (QED) is 0.910. The molecule has 114 valence electrons. The molecule has 1 N–H and O–H groups in total. The molecule has 0 atom stereocenters. The molecule has 0 spiro atoms. The van der Waals surface area contributed by atoms with Crippen molar-refractivity contribution in [1.29, 1.82) is 0 Å². The van der Waals surface area contributed by atoms with Gasteiger partial charge in [-0.3, -0.25) is 0 Å². The van der Waals surface area contributed by atoms with Gasteiger partial charge in [-0.1, -0.05) is 0 Å². The maximum absolute atomic E-state index is 12.5. The number of rotatable bonds is 5. The highest BCUT2D eigenvalue weighted by Crippen LogP contribution is 2.29. The monoisotopic (exact) mass is 329 g/mol. The molecule has 0 aliphatic carbocycles. The average molecular weight is 329 g/mol. The van der Waals surface area contributed by atoms with Gasteiger partial charge in [-0.05, 0) is 31.5 Å². The smallest absolute Gasteiger partial charge is 0.346 e. The fraction of sp³-hybridized carbons (Fsp3) is 0.308. The van der Waals surface area contributed by atoms with Crippen LogP contribution in [0.1, 0.15) is 26.6 Å². The van der Waals surface area contributed by atoms with Gasteiger partial charge in [0, 0.05) is 19.2 Å². The Bertz CT molecular complexity index is 772. The van der Waals surface area contributed by atoms with Gasteiger partial charge in [0.1, 0.15) is 14.8 Å². The van der Waals surface area contributed by atoms with Crippen molar-refractivity contribution in [2.45, 2.75) is 24.6 Å². The van der Waals surface area contributed by atoms with Crippen LogP contribution in [-0.4, -0.2) is 30.8 Å². The van der Waals surface area contributed by atoms with Crippen molar-refractivity contribution in [1.82, 2.24) is 4.31 Å². The fourth-order valence-corrected chi connectivity index (χ4v) is 4.59. The third-order valence-electron chi connectivity index (χ3n) is 3.11. The molecule has 2 aromatic heterocycles. The predicted octanol–water partition coefficient (Wildman–Crippen LogP) is 2.48. The maximum Gasteiger partial charge on any atom is 0.346 e. The van der Waals surface area contributed by atoms with Gasteiger partial charge >= 0.3 is 5.97 Å². The molecule has 0 saturated heterocycles. The van der Waals surface area contributed by atoms with E-state index in [9.17, 15) is 13.2 Å². The number of aromatic carboxylic acids is 1. The first kappa shape index (κ1) is 15.7. The van der Waals surface area contributed by atoms with E-state index in [-0.39, 0.29) is 15.6 Å². The molecule has 0 aliphatic rings. The molecule has 0 bridgehead atoms. The largest absolute Gasteiger partial charge is 0.477 e. The zero-order valence-electron chi connectivity index (χ0n) is 11.8. The lowest BCUT2D eigenvalue weighted by Gasteiger charge is -2.15. The Morgan fingerprint density at radius 3 is 2.57 bits per heavy atom. The third kappa shape index (κ3) is 3.02. The fourth-order valence-electron chi connectivity index (χ4n) is 1.85. The Balaban J connectivity index is 2.31. The minimum atomic E-state index is -3.72. The van der Waals surface area contributed by atoms with Crippen LogP contribution in [0.5, 0.6) is 0 Å². The van der Waals surface area contributed by atoms with Crippen LogP contribution >= 0.6 is 11.3 Å². The molecule has 2 heterocycles. The van der Waals surface area contributed by atoms with Crippen molar-refractivity contribution in [2.75, 3.05) is 7.05 Å². The van der Waals surface area contributed by atoms with Crippen LogP contribution < -0.4 is 0 Å². The molecule has 0 fully saturated rings. The van der Waals surface area contributed by atoms with E-state index in [1.54, 1.807) is 19.9 Å². The minimum absolute atomic E-state index is 0.0287. The zero-order valence-corrected chi connectivity index (χ0v) is 13.4. The van der Waals surface area contributed by atoms with Crippen molar-refractivity contribution in [3.05, 3.63) is 40.2 Å². The molecule has 8 heteroatoms. The van der Waals surface area contributed by atoms with Crippen molar-refractivity contribution in [3.8, 4) is 0 Å². The van der Waals surface area contributed by atoms with Crippen LogP contribution in [0.25, 0.3) is 0 Å². The summed E-state index contributed by atoms with van der Waals surface area (Å²) in [6.07, 6.45) is 1.50. The average Bonchev–Trinajstić information content (AvgIpc) is 2.96. The van der Waals surface area contributed by atoms with Crippen molar-refractivity contribution < 1.29 is 22.7 Å². The molecule has 21 heavy (non-hydrogen) atoms. The SMILES string of the molecule is Cc1cc(S(=O)(=O)N(C)Cc2ccoc2C)sc1C(=O)O. The first-order valence-corrected chi connectivity index (χ1v) is 8.32. The Labute approximate surface area is 126 Å². The molecule has 0 aromatic carbocycles. The van der Waals surface area contributed by atoms with Gasteiger partial charge in [0.05, 0.1) is 6.26 Å². The van der Waals surface area contributed by atoms with E-state index >= 15 is 0 Å². The standard InChI is InChI=1S/C13H15NO5S2/c1-8-6-11(20-12(8)13(15)16)21(17,18)14(3)7-10-4-5-19-9(10)2/h4-6H,7H2,1-3H3,(H,15,16). The normalized spacial score (nSPS) is 12.0. The van der Waals surface area contributed by atoms with Gasteiger partial charge in [0.25, 0.3) is 10.0 Å². The highest BCUT2D eigenvalue weighted by molar-refractivity contribution is 7.91. The summed E-state index contributed by atoms with van der Waals surface area (Å²) in [7, 11) is -2.26. The van der Waals surface area contributed by atoms with Crippen LogP contribution in [0.4, 0.5) is 0 Å². The van der Waals surface area contributed by atoms with Gasteiger partial charge in [-0.15, -0.1) is 11.3 Å². The molecule has 2 aromatic rings. The molecule has 6 nitrogen and oxygen atoms in total. The Morgan fingerprint density at radius 2 is 2.10 bits per heavy atom. The maximum atomic E-state index is 12.5. The molecule has 0 radical (unpaired) electrons. The first-order chi connectivity index (χ1) is 9.73. The Kier molecular flexibility index (Phi) is 4.22. The molecule has 0 unspecified atom stereocenters. The molecule has 0 amide bonds. The topological polar surface area (TPSA) is 87.8 Å². The number of aryl methyl sites for hydroxylation is 2. The summed E-state index contributed by atoms with van der Waals surface area (Å²) in [4.78, 5) is 11.1. The number of carbonyl (C=O) groups is 1. The molecular formula is C13H15NO5S2. The molecular weight excluding hydrogens is 314 g/mol. The summed E-state index contributed by atoms with van der Waals surface area (Å²) in [5.74, 6) is -0.460.